The molecule has 0 saturated carbocycles. The van der Waals surface area contributed by atoms with Gasteiger partial charge in [-0.25, -0.2) is 0 Å². The van der Waals surface area contributed by atoms with E-state index < -0.39 is 0 Å². The van der Waals surface area contributed by atoms with Gasteiger partial charge in [0.25, 0.3) is 0 Å². The summed E-state index contributed by atoms with van der Waals surface area (Å²) >= 11 is 0. The summed E-state index contributed by atoms with van der Waals surface area (Å²) in [6, 6.07) is 0. The van der Waals surface area contributed by atoms with Crippen molar-refractivity contribution in [2.75, 3.05) is 0 Å². The van der Waals surface area contributed by atoms with E-state index in [1.54, 1.807) is 0 Å². The van der Waals surface area contributed by atoms with Gasteiger partial charge in [0.05, 0.1) is 12.2 Å². The monoisotopic (exact) mass is 101 g/mol. The van der Waals surface area contributed by atoms with E-state index in [1.807, 2.05) is 13.8 Å². The molecule has 2 unspecified atom stereocenters. The first kappa shape index (κ1) is 5.06. The molecule has 2 heteroatoms. The lowest BCUT2D eigenvalue weighted by molar-refractivity contribution is 0.129. The highest BCUT2D eigenvalue weighted by molar-refractivity contribution is 4.66. The molecular formula is C5H9O2. The molecule has 41 valence electrons. The van der Waals surface area contributed by atoms with Crippen LogP contribution in [0.2, 0.25) is 0 Å². The molecule has 1 rings (SSSR count). The summed E-state index contributed by atoms with van der Waals surface area (Å²) in [6.07, 6.45) is 0.472. The molecule has 1 aliphatic heterocycles. The van der Waals surface area contributed by atoms with Gasteiger partial charge < -0.3 is 9.47 Å². The van der Waals surface area contributed by atoms with Crippen LogP contribution in [0.25, 0.3) is 0 Å². The van der Waals surface area contributed by atoms with E-state index in [0.717, 1.165) is 0 Å². The Morgan fingerprint density at radius 3 is 1.71 bits per heavy atom. The molecular weight excluding hydrogens is 92.1 g/mol. The number of rotatable bonds is 0. The van der Waals surface area contributed by atoms with Gasteiger partial charge in [-0.05, 0) is 13.8 Å². The summed E-state index contributed by atoms with van der Waals surface area (Å²) in [7, 11) is 0. The molecule has 1 saturated heterocycles. The van der Waals surface area contributed by atoms with E-state index >= 15 is 0 Å². The molecule has 0 N–H and O–H groups in total. The predicted molar refractivity (Wildman–Crippen MR) is 25.4 cm³/mol. The predicted octanol–water partition coefficient (Wildman–Crippen LogP) is 0.929. The van der Waals surface area contributed by atoms with Crippen molar-refractivity contribution in [1.29, 1.82) is 0 Å². The molecule has 0 aliphatic carbocycles. The summed E-state index contributed by atoms with van der Waals surface area (Å²) < 4.78 is 9.84. The van der Waals surface area contributed by atoms with Crippen molar-refractivity contribution in [3.63, 3.8) is 0 Å². The fraction of sp³-hybridized carbons (Fsp3) is 0.800. The molecule has 0 spiro atoms. The molecule has 0 amide bonds. The second-order valence-corrected chi connectivity index (χ2v) is 1.78. The maximum atomic E-state index is 4.92. The van der Waals surface area contributed by atoms with Gasteiger partial charge >= 0.3 is 0 Å². The van der Waals surface area contributed by atoms with Crippen LogP contribution in [-0.2, 0) is 9.47 Å². The molecule has 2 nitrogen and oxygen atoms in total. The van der Waals surface area contributed by atoms with Crippen molar-refractivity contribution in [3.8, 4) is 0 Å². The third-order valence-corrected chi connectivity index (χ3v) is 1.20. The smallest absolute Gasteiger partial charge is 0.210 e. The van der Waals surface area contributed by atoms with Crippen LogP contribution in [0.5, 0.6) is 0 Å². The Bertz CT molecular complexity index is 55.1. The largest absolute Gasteiger partial charge is 0.342 e. The first-order valence-corrected chi connectivity index (χ1v) is 2.43. The molecule has 2 atom stereocenters. The first-order valence-electron chi connectivity index (χ1n) is 2.43. The molecule has 0 aromatic rings. The molecule has 0 aromatic carbocycles. The Balaban J connectivity index is 2.33. The first-order chi connectivity index (χ1) is 3.30. The summed E-state index contributed by atoms with van der Waals surface area (Å²) in [5.41, 5.74) is 0. The summed E-state index contributed by atoms with van der Waals surface area (Å²) in [6.45, 7) is 5.36. The van der Waals surface area contributed by atoms with Gasteiger partial charge in [0.15, 0.2) is 0 Å². The van der Waals surface area contributed by atoms with Gasteiger partial charge in [-0.1, -0.05) is 0 Å². The third-order valence-electron chi connectivity index (χ3n) is 1.20. The fourth-order valence-corrected chi connectivity index (χ4v) is 0.429. The van der Waals surface area contributed by atoms with Crippen molar-refractivity contribution in [1.82, 2.24) is 0 Å². The molecule has 1 fully saturated rings. The Morgan fingerprint density at radius 1 is 1.14 bits per heavy atom. The van der Waals surface area contributed by atoms with Crippen molar-refractivity contribution < 1.29 is 9.47 Å². The van der Waals surface area contributed by atoms with Gasteiger partial charge in [0.2, 0.25) is 6.79 Å². The molecule has 1 heterocycles. The van der Waals surface area contributed by atoms with Crippen LogP contribution < -0.4 is 0 Å². The van der Waals surface area contributed by atoms with Gasteiger partial charge in [-0.2, -0.15) is 0 Å². The second-order valence-electron chi connectivity index (χ2n) is 1.78. The summed E-state index contributed by atoms with van der Waals surface area (Å²) in [5.74, 6) is 0. The minimum absolute atomic E-state index is 0.236. The maximum absolute atomic E-state index is 4.92. The zero-order valence-electron chi connectivity index (χ0n) is 4.55. The second kappa shape index (κ2) is 1.80. The lowest BCUT2D eigenvalue weighted by atomic mass is 10.3. The van der Waals surface area contributed by atoms with E-state index in [2.05, 4.69) is 0 Å². The SMILES string of the molecule is CC1O[CH]OC1C. The molecule has 1 radical (unpaired) electrons. The van der Waals surface area contributed by atoms with Crippen LogP contribution in [0.1, 0.15) is 13.8 Å². The topological polar surface area (TPSA) is 18.5 Å². The number of ether oxygens (including phenoxy) is 2. The van der Waals surface area contributed by atoms with E-state index in [1.165, 1.54) is 6.79 Å². The van der Waals surface area contributed by atoms with Crippen LogP contribution in [0.3, 0.4) is 0 Å². The summed E-state index contributed by atoms with van der Waals surface area (Å²) in [5, 5.41) is 0. The maximum Gasteiger partial charge on any atom is 0.210 e. The third kappa shape index (κ3) is 0.924. The lowest BCUT2D eigenvalue weighted by Crippen LogP contribution is -2.13. The zero-order chi connectivity index (χ0) is 5.28. The van der Waals surface area contributed by atoms with Crippen molar-refractivity contribution in [3.05, 3.63) is 6.79 Å². The van der Waals surface area contributed by atoms with Crippen LogP contribution in [0.4, 0.5) is 0 Å². The Hall–Kier alpha value is -0.0800. The zero-order valence-corrected chi connectivity index (χ0v) is 4.55. The van der Waals surface area contributed by atoms with E-state index in [9.17, 15) is 0 Å². The highest BCUT2D eigenvalue weighted by Crippen LogP contribution is 2.13. The fourth-order valence-electron chi connectivity index (χ4n) is 0.429. The average molecular weight is 101 g/mol. The Labute approximate surface area is 43.4 Å². The van der Waals surface area contributed by atoms with Crippen molar-refractivity contribution in [2.45, 2.75) is 26.1 Å². The normalized spacial score (nSPS) is 42.0. The van der Waals surface area contributed by atoms with Gasteiger partial charge in [-0.15, -0.1) is 0 Å². The van der Waals surface area contributed by atoms with Crippen LogP contribution >= 0.6 is 0 Å². The van der Waals surface area contributed by atoms with Crippen molar-refractivity contribution >= 4 is 0 Å². The van der Waals surface area contributed by atoms with Gasteiger partial charge in [0.1, 0.15) is 0 Å². The Kier molecular flexibility index (Phi) is 1.30. The number of hydrogen-bond donors (Lipinski definition) is 0. The van der Waals surface area contributed by atoms with Gasteiger partial charge in [0, 0.05) is 0 Å². The highest BCUT2D eigenvalue weighted by Gasteiger charge is 2.19. The summed E-state index contributed by atoms with van der Waals surface area (Å²) in [4.78, 5) is 0. The van der Waals surface area contributed by atoms with E-state index in [-0.39, 0.29) is 12.2 Å². The molecule has 0 aromatic heterocycles. The van der Waals surface area contributed by atoms with E-state index in [0.29, 0.717) is 0 Å². The van der Waals surface area contributed by atoms with Crippen LogP contribution in [0, 0.1) is 6.79 Å². The average Bonchev–Trinajstić information content (AvgIpc) is 1.91. The van der Waals surface area contributed by atoms with Crippen molar-refractivity contribution in [2.24, 2.45) is 0 Å². The van der Waals surface area contributed by atoms with Crippen LogP contribution in [0.15, 0.2) is 0 Å². The molecule has 1 aliphatic rings. The minimum Gasteiger partial charge on any atom is -0.342 e. The quantitative estimate of drug-likeness (QED) is 0.452. The standard InChI is InChI=1S/C5H9O2/c1-4-5(2)7-3-6-4/h3-5H,1-2H3. The Morgan fingerprint density at radius 2 is 1.57 bits per heavy atom. The lowest BCUT2D eigenvalue weighted by Gasteiger charge is -2.02. The molecule has 7 heavy (non-hydrogen) atoms. The molecule has 0 bridgehead atoms. The van der Waals surface area contributed by atoms with E-state index in [4.69, 9.17) is 9.47 Å². The highest BCUT2D eigenvalue weighted by atomic mass is 16.7. The van der Waals surface area contributed by atoms with Crippen LogP contribution in [-0.4, -0.2) is 12.2 Å². The van der Waals surface area contributed by atoms with Gasteiger partial charge in [-0.3, -0.25) is 0 Å². The number of hydrogen-bond acceptors (Lipinski definition) is 2. The minimum atomic E-state index is 0.236.